The predicted octanol–water partition coefficient (Wildman–Crippen LogP) is -0.730. The molecule has 0 spiro atoms. The molecule has 86 valence electrons. The zero-order valence-electron chi connectivity index (χ0n) is 8.77. The van der Waals surface area contributed by atoms with Crippen LogP contribution in [0.4, 0.5) is 0 Å². The van der Waals surface area contributed by atoms with Gasteiger partial charge < -0.3 is 15.3 Å². The average molecular weight is 342 g/mol. The van der Waals surface area contributed by atoms with E-state index < -0.39 is 0 Å². The third-order valence-electron chi connectivity index (χ3n) is 0.612. The second-order valence-electron chi connectivity index (χ2n) is 2.11. The molecule has 0 aromatic carbocycles. The molecule has 0 aliphatic carbocycles. The van der Waals surface area contributed by atoms with E-state index in [9.17, 15) is 15.3 Å². The van der Waals surface area contributed by atoms with E-state index in [0.717, 1.165) is 19.3 Å². The Balaban J connectivity index is -0.0000000450. The third-order valence-corrected chi connectivity index (χ3v) is 0.612. The van der Waals surface area contributed by atoms with Crippen molar-refractivity contribution in [2.75, 3.05) is 19.8 Å². The molecular weight excluding hydrogens is 321 g/mol. The van der Waals surface area contributed by atoms with Crippen LogP contribution >= 0.6 is 0 Å². The van der Waals surface area contributed by atoms with Crippen molar-refractivity contribution >= 4 is 0 Å². The summed E-state index contributed by atoms with van der Waals surface area (Å²) in [6.07, 6.45) is 2.29. The molecule has 0 fully saturated rings. The van der Waals surface area contributed by atoms with Crippen molar-refractivity contribution in [2.45, 2.75) is 40.0 Å². The van der Waals surface area contributed by atoms with Gasteiger partial charge in [0.15, 0.2) is 0 Å². The molecule has 0 amide bonds. The summed E-state index contributed by atoms with van der Waals surface area (Å²) < 4.78 is 0. The van der Waals surface area contributed by atoms with Gasteiger partial charge in [0.05, 0.1) is 0 Å². The molecule has 3 nitrogen and oxygen atoms in total. The van der Waals surface area contributed by atoms with Crippen LogP contribution in [0.1, 0.15) is 40.0 Å². The summed E-state index contributed by atoms with van der Waals surface area (Å²) in [6, 6.07) is 0. The topological polar surface area (TPSA) is 69.2 Å². The van der Waals surface area contributed by atoms with Crippen molar-refractivity contribution in [2.24, 2.45) is 0 Å². The Kier molecular flexibility index (Phi) is 69.4. The maximum absolute atomic E-state index is 9.30. The first-order valence-corrected chi connectivity index (χ1v) is 4.49. The molecule has 0 unspecified atom stereocenters. The fourth-order valence-corrected chi connectivity index (χ4v) is 0. The van der Waals surface area contributed by atoms with E-state index in [1.165, 1.54) is 0 Å². The maximum atomic E-state index is 9.30. The Hall–Kier alpha value is 1.14. The molecule has 0 rings (SSSR count). The molecule has 0 aromatic heterocycles. The van der Waals surface area contributed by atoms with E-state index in [0.29, 0.717) is 0 Å². The molecule has 0 radical (unpaired) electrons. The number of rotatable bonds is 3. The number of hydrogen-bond acceptors (Lipinski definition) is 3. The van der Waals surface area contributed by atoms with Gasteiger partial charge in [-0.1, -0.05) is 40.0 Å². The quantitative estimate of drug-likeness (QED) is 0.635. The Morgan fingerprint density at radius 2 is 0.692 bits per heavy atom. The van der Waals surface area contributed by atoms with Crippen molar-refractivity contribution in [3.05, 3.63) is 0 Å². The van der Waals surface area contributed by atoms with Gasteiger partial charge in [-0.15, -0.1) is 19.8 Å². The van der Waals surface area contributed by atoms with E-state index in [-0.39, 0.29) is 57.6 Å². The van der Waals surface area contributed by atoms with E-state index in [2.05, 4.69) is 0 Å². The maximum Gasteiger partial charge on any atom is 3.00 e. The van der Waals surface area contributed by atoms with Gasteiger partial charge in [-0.25, -0.2) is 0 Å². The third kappa shape index (κ3) is 95.1. The average Bonchev–Trinajstić information content (AvgIpc) is 2.18. The van der Waals surface area contributed by atoms with Crippen LogP contribution in [-0.2, 0) is 0 Å². The minimum Gasteiger partial charge on any atom is -0.854 e. The van der Waals surface area contributed by atoms with Crippen LogP contribution in [0, 0.1) is 37.7 Å². The molecule has 0 heterocycles. The fourth-order valence-electron chi connectivity index (χ4n) is 0. The molecule has 0 aliphatic rings. The molecule has 0 aromatic rings. The van der Waals surface area contributed by atoms with Crippen LogP contribution in [0.15, 0.2) is 0 Å². The summed E-state index contributed by atoms with van der Waals surface area (Å²) in [7, 11) is 0. The van der Waals surface area contributed by atoms with Crippen molar-refractivity contribution < 1.29 is 53.1 Å². The first-order valence-electron chi connectivity index (χ1n) is 4.49. The van der Waals surface area contributed by atoms with Gasteiger partial charge in [0.25, 0.3) is 0 Å². The summed E-state index contributed by atoms with van der Waals surface area (Å²) in [6.45, 7) is 5.81. The minimum absolute atomic E-state index is 0. The summed E-state index contributed by atoms with van der Waals surface area (Å²) in [5.74, 6) is 0. The van der Waals surface area contributed by atoms with Gasteiger partial charge in [-0.05, 0) is 0 Å². The van der Waals surface area contributed by atoms with Crippen LogP contribution in [-0.4, -0.2) is 19.8 Å². The Labute approximate surface area is 112 Å². The van der Waals surface area contributed by atoms with Crippen molar-refractivity contribution in [1.29, 1.82) is 0 Å². The van der Waals surface area contributed by atoms with Crippen molar-refractivity contribution in [1.82, 2.24) is 0 Å². The predicted molar refractivity (Wildman–Crippen MR) is 45.5 cm³/mol. The van der Waals surface area contributed by atoms with Crippen LogP contribution in [0.3, 0.4) is 0 Å². The van der Waals surface area contributed by atoms with E-state index in [4.69, 9.17) is 0 Å². The summed E-state index contributed by atoms with van der Waals surface area (Å²) in [4.78, 5) is 0. The molecular formula is C9H21HoO3. The summed E-state index contributed by atoms with van der Waals surface area (Å²) in [5.41, 5.74) is 0. The molecule has 0 saturated heterocycles. The van der Waals surface area contributed by atoms with Crippen molar-refractivity contribution in [3.8, 4) is 0 Å². The molecule has 0 saturated carbocycles. The van der Waals surface area contributed by atoms with Crippen LogP contribution in [0.5, 0.6) is 0 Å². The van der Waals surface area contributed by atoms with Crippen molar-refractivity contribution in [3.63, 3.8) is 0 Å². The fraction of sp³-hybridized carbons (Fsp3) is 1.00. The zero-order chi connectivity index (χ0) is 10.2. The van der Waals surface area contributed by atoms with Crippen LogP contribution in [0.2, 0.25) is 0 Å². The zero-order valence-corrected chi connectivity index (χ0v) is 10.7. The monoisotopic (exact) mass is 342 g/mol. The SMILES string of the molecule is CCC[O-].CCC[O-].CCC[O-].[Ho+3]. The number of hydrogen-bond donors (Lipinski definition) is 0. The standard InChI is InChI=1S/3C3H7O.Ho/c3*1-2-3-4;/h3*2-3H2,1H3;/q3*-1;+3. The largest absolute Gasteiger partial charge is 3.00 e. The first kappa shape index (κ1) is 23.7. The van der Waals surface area contributed by atoms with Gasteiger partial charge in [0.2, 0.25) is 0 Å². The van der Waals surface area contributed by atoms with E-state index in [1.54, 1.807) is 0 Å². The Morgan fingerprint density at radius 3 is 0.692 bits per heavy atom. The van der Waals surface area contributed by atoms with Crippen LogP contribution < -0.4 is 15.3 Å². The molecule has 0 bridgehead atoms. The van der Waals surface area contributed by atoms with Gasteiger partial charge >= 0.3 is 37.7 Å². The Bertz CT molecular complexity index is 30.3. The second-order valence-corrected chi connectivity index (χ2v) is 2.11. The normalized spacial score (nSPS) is 6.92. The first-order chi connectivity index (χ1) is 5.74. The summed E-state index contributed by atoms with van der Waals surface area (Å²) >= 11 is 0. The van der Waals surface area contributed by atoms with Gasteiger partial charge in [0.1, 0.15) is 0 Å². The molecule has 0 aliphatic heterocycles. The van der Waals surface area contributed by atoms with E-state index in [1.807, 2.05) is 20.8 Å². The summed E-state index contributed by atoms with van der Waals surface area (Å²) in [5, 5.41) is 27.9. The second kappa shape index (κ2) is 38.0. The molecule has 0 N–H and O–H groups in total. The minimum atomic E-state index is 0. The van der Waals surface area contributed by atoms with Gasteiger partial charge in [-0.3, -0.25) is 0 Å². The van der Waals surface area contributed by atoms with Gasteiger partial charge in [-0.2, -0.15) is 0 Å². The van der Waals surface area contributed by atoms with E-state index >= 15 is 0 Å². The molecule has 0 atom stereocenters. The Morgan fingerprint density at radius 1 is 0.615 bits per heavy atom. The van der Waals surface area contributed by atoms with Gasteiger partial charge in [0, 0.05) is 0 Å². The smallest absolute Gasteiger partial charge is 0.854 e. The van der Waals surface area contributed by atoms with Crippen LogP contribution in [0.25, 0.3) is 0 Å². The molecule has 4 heteroatoms. The molecule has 13 heavy (non-hydrogen) atoms.